The van der Waals surface area contributed by atoms with Crippen LogP contribution >= 0.6 is 0 Å². The molecular formula is C16H10F4N2O4S. The largest absolute Gasteiger partial charge is 0.424 e. The van der Waals surface area contributed by atoms with Gasteiger partial charge in [-0.3, -0.25) is 0 Å². The van der Waals surface area contributed by atoms with Crippen molar-refractivity contribution >= 4 is 10.0 Å². The molecule has 0 bridgehead atoms. The van der Waals surface area contributed by atoms with Crippen molar-refractivity contribution < 1.29 is 30.4 Å². The summed E-state index contributed by atoms with van der Waals surface area (Å²) < 4.78 is 80.3. The fourth-order valence-corrected chi connectivity index (χ4v) is 3.03. The third-order valence-electron chi connectivity index (χ3n) is 3.68. The van der Waals surface area contributed by atoms with Crippen LogP contribution in [0.1, 0.15) is 5.56 Å². The molecule has 1 heterocycles. The Balaban J connectivity index is 2.11. The summed E-state index contributed by atoms with van der Waals surface area (Å²) in [6.45, 7) is 0. The molecule has 0 spiro atoms. The SMILES string of the molecule is NS(=O)(=O)c1ccc(-c2coc(=O)n2-c2ccc(C(F)(F)F)cc2)cc1F. The molecule has 2 N–H and O–H groups in total. The molecule has 3 aromatic rings. The van der Waals surface area contributed by atoms with Crippen molar-refractivity contribution in [1.29, 1.82) is 0 Å². The van der Waals surface area contributed by atoms with E-state index in [4.69, 9.17) is 9.56 Å². The Morgan fingerprint density at radius 3 is 2.19 bits per heavy atom. The van der Waals surface area contributed by atoms with Crippen LogP contribution in [0.2, 0.25) is 0 Å². The van der Waals surface area contributed by atoms with Gasteiger partial charge in [-0.15, -0.1) is 0 Å². The highest BCUT2D eigenvalue weighted by molar-refractivity contribution is 7.89. The van der Waals surface area contributed by atoms with Crippen molar-refractivity contribution in [2.24, 2.45) is 5.14 Å². The lowest BCUT2D eigenvalue weighted by Gasteiger charge is -2.10. The van der Waals surface area contributed by atoms with E-state index in [0.717, 1.165) is 47.2 Å². The summed E-state index contributed by atoms with van der Waals surface area (Å²) >= 11 is 0. The number of rotatable bonds is 3. The molecule has 6 nitrogen and oxygen atoms in total. The van der Waals surface area contributed by atoms with Crippen LogP contribution in [0.15, 0.2) is 62.8 Å². The quantitative estimate of drug-likeness (QED) is 0.682. The lowest BCUT2D eigenvalue weighted by atomic mass is 10.1. The first-order valence-electron chi connectivity index (χ1n) is 7.19. The summed E-state index contributed by atoms with van der Waals surface area (Å²) in [5, 5.41) is 4.89. The number of hydrogen-bond acceptors (Lipinski definition) is 4. The Morgan fingerprint density at radius 1 is 1.04 bits per heavy atom. The molecule has 0 radical (unpaired) electrons. The predicted octanol–water partition coefficient (Wildman–Crippen LogP) is 2.90. The van der Waals surface area contributed by atoms with Gasteiger partial charge in [0.25, 0.3) is 0 Å². The molecule has 142 valence electrons. The van der Waals surface area contributed by atoms with Gasteiger partial charge in [0.05, 0.1) is 16.9 Å². The minimum atomic E-state index is -4.55. The number of nitrogens with two attached hydrogens (primary N) is 1. The van der Waals surface area contributed by atoms with Gasteiger partial charge in [-0.2, -0.15) is 13.2 Å². The Labute approximate surface area is 149 Å². The molecule has 0 amide bonds. The third-order valence-corrected chi connectivity index (χ3v) is 4.63. The van der Waals surface area contributed by atoms with Crippen molar-refractivity contribution in [3.8, 4) is 16.9 Å². The van der Waals surface area contributed by atoms with Crippen LogP contribution in [-0.2, 0) is 16.2 Å². The predicted molar refractivity (Wildman–Crippen MR) is 86.1 cm³/mol. The fraction of sp³-hybridized carbons (Fsp3) is 0.0625. The fourth-order valence-electron chi connectivity index (χ4n) is 2.44. The molecule has 0 aliphatic heterocycles. The molecule has 0 fully saturated rings. The molecule has 1 aromatic heterocycles. The van der Waals surface area contributed by atoms with Gasteiger partial charge in [0.2, 0.25) is 10.0 Å². The molecule has 0 atom stereocenters. The molecule has 2 aromatic carbocycles. The van der Waals surface area contributed by atoms with E-state index in [1.165, 1.54) is 6.07 Å². The number of aromatic nitrogens is 1. The summed E-state index contributed by atoms with van der Waals surface area (Å²) in [5.74, 6) is -2.07. The Kier molecular flexibility index (Phi) is 4.44. The molecule has 0 saturated heterocycles. The van der Waals surface area contributed by atoms with Crippen molar-refractivity contribution in [1.82, 2.24) is 4.57 Å². The zero-order valence-electron chi connectivity index (χ0n) is 13.2. The van der Waals surface area contributed by atoms with Crippen LogP contribution in [0.5, 0.6) is 0 Å². The standard InChI is InChI=1S/C16H10F4N2O4S/c17-12-7-9(1-6-14(12)27(21,24)25)13-8-26-15(23)22(13)11-4-2-10(3-5-11)16(18,19)20/h1-8H,(H2,21,24,25). The first kappa shape index (κ1) is 18.9. The summed E-state index contributed by atoms with van der Waals surface area (Å²) in [6, 6.07) is 6.59. The van der Waals surface area contributed by atoms with Crippen LogP contribution in [0.3, 0.4) is 0 Å². The van der Waals surface area contributed by atoms with Crippen LogP contribution in [0.4, 0.5) is 17.6 Å². The molecule has 27 heavy (non-hydrogen) atoms. The number of benzene rings is 2. The van der Waals surface area contributed by atoms with E-state index in [9.17, 15) is 30.8 Å². The zero-order valence-corrected chi connectivity index (χ0v) is 14.0. The van der Waals surface area contributed by atoms with E-state index >= 15 is 0 Å². The molecular weight excluding hydrogens is 392 g/mol. The number of oxazole rings is 1. The van der Waals surface area contributed by atoms with Crippen molar-refractivity contribution in [3.05, 3.63) is 70.7 Å². The lowest BCUT2D eigenvalue weighted by molar-refractivity contribution is -0.137. The van der Waals surface area contributed by atoms with Gasteiger partial charge in [-0.1, -0.05) is 6.07 Å². The first-order chi connectivity index (χ1) is 12.5. The summed E-state index contributed by atoms with van der Waals surface area (Å²) in [6.07, 6.45) is -3.57. The van der Waals surface area contributed by atoms with E-state index in [-0.39, 0.29) is 16.9 Å². The first-order valence-corrected chi connectivity index (χ1v) is 8.74. The van der Waals surface area contributed by atoms with Crippen LogP contribution < -0.4 is 10.9 Å². The number of hydrogen-bond donors (Lipinski definition) is 1. The topological polar surface area (TPSA) is 95.3 Å². The second-order valence-electron chi connectivity index (χ2n) is 5.46. The van der Waals surface area contributed by atoms with Crippen LogP contribution in [-0.4, -0.2) is 13.0 Å². The average molecular weight is 402 g/mol. The Hall–Kier alpha value is -2.92. The molecule has 0 saturated carbocycles. The van der Waals surface area contributed by atoms with Crippen LogP contribution in [0, 0.1) is 5.82 Å². The van der Waals surface area contributed by atoms with E-state index < -0.39 is 38.2 Å². The molecule has 11 heteroatoms. The van der Waals surface area contributed by atoms with Crippen molar-refractivity contribution in [3.63, 3.8) is 0 Å². The molecule has 0 aliphatic rings. The van der Waals surface area contributed by atoms with Gasteiger partial charge in [-0.05, 0) is 36.4 Å². The summed E-state index contributed by atoms with van der Waals surface area (Å²) in [5.41, 5.74) is -0.786. The Bertz CT molecular complexity index is 1160. The van der Waals surface area contributed by atoms with Gasteiger partial charge in [0.15, 0.2) is 0 Å². The maximum atomic E-state index is 14.1. The Morgan fingerprint density at radius 2 is 1.67 bits per heavy atom. The molecule has 3 rings (SSSR count). The maximum Gasteiger partial charge on any atom is 0.424 e. The van der Waals surface area contributed by atoms with Gasteiger partial charge in [-0.25, -0.2) is 27.3 Å². The van der Waals surface area contributed by atoms with Crippen molar-refractivity contribution in [2.75, 3.05) is 0 Å². The number of halogens is 4. The van der Waals surface area contributed by atoms with Gasteiger partial charge in [0.1, 0.15) is 17.0 Å². The average Bonchev–Trinajstić information content (AvgIpc) is 2.94. The lowest BCUT2D eigenvalue weighted by Crippen LogP contribution is -2.15. The molecule has 0 aliphatic carbocycles. The van der Waals surface area contributed by atoms with E-state index in [1.54, 1.807) is 0 Å². The number of primary sulfonamides is 1. The summed E-state index contributed by atoms with van der Waals surface area (Å²) in [7, 11) is -4.28. The normalized spacial score (nSPS) is 12.3. The highest BCUT2D eigenvalue weighted by Crippen LogP contribution is 2.30. The minimum absolute atomic E-state index is 0.0135. The van der Waals surface area contributed by atoms with E-state index in [1.807, 2.05) is 0 Å². The minimum Gasteiger partial charge on any atom is -0.415 e. The molecule has 0 unspecified atom stereocenters. The van der Waals surface area contributed by atoms with Crippen LogP contribution in [0.25, 0.3) is 16.9 Å². The number of sulfonamides is 1. The third kappa shape index (κ3) is 3.64. The number of alkyl halides is 3. The summed E-state index contributed by atoms with van der Waals surface area (Å²) in [4.78, 5) is 11.2. The maximum absolute atomic E-state index is 14.1. The highest BCUT2D eigenvalue weighted by atomic mass is 32.2. The zero-order chi connectivity index (χ0) is 20.0. The monoisotopic (exact) mass is 402 g/mol. The van der Waals surface area contributed by atoms with E-state index in [0.29, 0.717) is 0 Å². The smallest absolute Gasteiger partial charge is 0.415 e. The van der Waals surface area contributed by atoms with Crippen molar-refractivity contribution in [2.45, 2.75) is 11.1 Å². The second kappa shape index (κ2) is 6.35. The van der Waals surface area contributed by atoms with E-state index in [2.05, 4.69) is 0 Å². The number of nitrogens with zero attached hydrogens (tertiary/aromatic N) is 1. The van der Waals surface area contributed by atoms with Gasteiger partial charge >= 0.3 is 11.9 Å². The highest BCUT2D eigenvalue weighted by Gasteiger charge is 2.30. The second-order valence-corrected chi connectivity index (χ2v) is 6.99. The van der Waals surface area contributed by atoms with Gasteiger partial charge in [0, 0.05) is 5.56 Å². The van der Waals surface area contributed by atoms with Gasteiger partial charge < -0.3 is 4.42 Å².